The quantitative estimate of drug-likeness (QED) is 0.238. The van der Waals surface area contributed by atoms with Crippen LogP contribution in [0.2, 0.25) is 10.0 Å². The fourth-order valence-corrected chi connectivity index (χ4v) is 4.13. The molecule has 3 rings (SSSR count). The molecule has 0 fully saturated rings. The summed E-state index contributed by atoms with van der Waals surface area (Å²) in [7, 11) is 1.60. The lowest BCUT2D eigenvalue weighted by atomic mass is 10.2. The Morgan fingerprint density at radius 2 is 2.00 bits per heavy atom. The van der Waals surface area contributed by atoms with Crippen LogP contribution in [0.5, 0.6) is 11.5 Å². The van der Waals surface area contributed by atoms with Crippen molar-refractivity contribution >= 4 is 51.7 Å². The molecule has 0 aliphatic heterocycles. The summed E-state index contributed by atoms with van der Waals surface area (Å²) in [5.41, 5.74) is 2.26. The van der Waals surface area contributed by atoms with E-state index in [2.05, 4.69) is 17.2 Å². The van der Waals surface area contributed by atoms with Crippen molar-refractivity contribution in [3.63, 3.8) is 0 Å². The van der Waals surface area contributed by atoms with Crippen LogP contribution in [0.4, 0.5) is 5.13 Å². The molecule has 0 saturated heterocycles. The predicted octanol–water partition coefficient (Wildman–Crippen LogP) is 7.35. The van der Waals surface area contributed by atoms with Gasteiger partial charge in [0.1, 0.15) is 0 Å². The van der Waals surface area contributed by atoms with Crippen LogP contribution in [0.3, 0.4) is 0 Å². The summed E-state index contributed by atoms with van der Waals surface area (Å²) >= 11 is 13.5. The molecule has 3 aromatic rings. The maximum Gasteiger partial charge on any atom is 0.250 e. The smallest absolute Gasteiger partial charge is 0.250 e. The van der Waals surface area contributed by atoms with Crippen molar-refractivity contribution in [2.45, 2.75) is 26.2 Å². The zero-order valence-electron chi connectivity index (χ0n) is 17.9. The number of ether oxygens (including phenoxy) is 2. The second-order valence-electron chi connectivity index (χ2n) is 6.95. The Bertz CT molecular complexity index is 1100. The maximum atomic E-state index is 12.3. The number of thiazole rings is 1. The van der Waals surface area contributed by atoms with Crippen molar-refractivity contribution < 1.29 is 14.3 Å². The van der Waals surface area contributed by atoms with E-state index in [0.717, 1.165) is 30.4 Å². The number of unbranched alkanes of at least 4 members (excludes halogenated alkanes) is 2. The van der Waals surface area contributed by atoms with Crippen LogP contribution >= 0.6 is 34.5 Å². The Hall–Kier alpha value is -2.54. The summed E-state index contributed by atoms with van der Waals surface area (Å²) in [5, 5.41) is 6.14. The summed E-state index contributed by atoms with van der Waals surface area (Å²) in [6.45, 7) is 2.80. The van der Waals surface area contributed by atoms with Crippen LogP contribution < -0.4 is 14.8 Å². The van der Waals surface area contributed by atoms with Crippen LogP contribution in [0.25, 0.3) is 17.3 Å². The second kappa shape index (κ2) is 11.9. The lowest BCUT2D eigenvalue weighted by Gasteiger charge is -2.11. The molecule has 0 aliphatic carbocycles. The van der Waals surface area contributed by atoms with Crippen molar-refractivity contribution in [1.29, 1.82) is 0 Å². The van der Waals surface area contributed by atoms with Gasteiger partial charge in [-0.25, -0.2) is 4.98 Å². The first-order chi connectivity index (χ1) is 15.5. The number of nitrogens with one attached hydrogen (secondary N) is 1. The number of hydrogen-bond acceptors (Lipinski definition) is 5. The minimum Gasteiger partial charge on any atom is -0.493 e. The molecule has 0 spiro atoms. The molecule has 1 heterocycles. The summed E-state index contributed by atoms with van der Waals surface area (Å²) in [6.07, 6.45) is 6.44. The zero-order chi connectivity index (χ0) is 22.9. The monoisotopic (exact) mass is 490 g/mol. The van der Waals surface area contributed by atoms with Crippen molar-refractivity contribution in [3.05, 3.63) is 63.5 Å². The number of anilines is 1. The van der Waals surface area contributed by atoms with Crippen LogP contribution in [0, 0.1) is 0 Å². The van der Waals surface area contributed by atoms with Crippen LogP contribution in [-0.4, -0.2) is 24.6 Å². The normalized spacial score (nSPS) is 11.0. The molecule has 0 radical (unpaired) electrons. The number of rotatable bonds is 10. The molecule has 1 aromatic heterocycles. The van der Waals surface area contributed by atoms with Gasteiger partial charge in [0.2, 0.25) is 5.91 Å². The Kier molecular flexibility index (Phi) is 8.97. The molecule has 0 unspecified atom stereocenters. The van der Waals surface area contributed by atoms with Crippen LogP contribution in [0.1, 0.15) is 31.7 Å². The SMILES string of the molecule is CCCCCOc1ccc(C=CC(=O)Nc2nc(-c3ccc(Cl)cc3Cl)cs2)cc1OC. The van der Waals surface area contributed by atoms with Crippen molar-refractivity contribution in [3.8, 4) is 22.8 Å². The van der Waals surface area contributed by atoms with Crippen molar-refractivity contribution in [1.82, 2.24) is 4.98 Å². The number of carbonyl (C=O) groups excluding carboxylic acids is 1. The number of benzene rings is 2. The average Bonchev–Trinajstić information content (AvgIpc) is 3.23. The minimum absolute atomic E-state index is 0.285. The maximum absolute atomic E-state index is 12.3. The van der Waals surface area contributed by atoms with Gasteiger partial charge >= 0.3 is 0 Å². The van der Waals surface area contributed by atoms with E-state index in [1.54, 1.807) is 31.4 Å². The fraction of sp³-hybridized carbons (Fsp3) is 0.250. The van der Waals surface area contributed by atoms with Gasteiger partial charge in [0.05, 0.1) is 24.4 Å². The molecule has 2 aromatic carbocycles. The Morgan fingerprint density at radius 3 is 2.75 bits per heavy atom. The average molecular weight is 491 g/mol. The third-order valence-electron chi connectivity index (χ3n) is 4.56. The molecule has 8 heteroatoms. The molecule has 0 bridgehead atoms. The van der Waals surface area contributed by atoms with Crippen LogP contribution in [0.15, 0.2) is 47.9 Å². The van der Waals surface area contributed by atoms with E-state index in [0.29, 0.717) is 39.0 Å². The van der Waals surface area contributed by atoms with Gasteiger partial charge in [0.25, 0.3) is 0 Å². The highest BCUT2D eigenvalue weighted by Gasteiger charge is 2.10. The van der Waals surface area contributed by atoms with Gasteiger partial charge in [-0.1, -0.05) is 49.0 Å². The Morgan fingerprint density at radius 1 is 1.16 bits per heavy atom. The number of halogens is 2. The number of aromatic nitrogens is 1. The molecule has 0 saturated carbocycles. The van der Waals surface area contributed by atoms with Gasteiger partial charge in [0.15, 0.2) is 16.6 Å². The van der Waals surface area contributed by atoms with E-state index in [1.807, 2.05) is 23.6 Å². The van der Waals surface area contributed by atoms with E-state index in [1.165, 1.54) is 17.4 Å². The summed E-state index contributed by atoms with van der Waals surface area (Å²) in [5.74, 6) is 1.04. The Labute approximate surface area is 202 Å². The minimum atomic E-state index is -0.285. The summed E-state index contributed by atoms with van der Waals surface area (Å²) in [6, 6.07) is 10.8. The molecule has 32 heavy (non-hydrogen) atoms. The van der Waals surface area contributed by atoms with E-state index >= 15 is 0 Å². The topological polar surface area (TPSA) is 60.5 Å². The number of nitrogens with zero attached hydrogens (tertiary/aromatic N) is 1. The summed E-state index contributed by atoms with van der Waals surface area (Å²) in [4.78, 5) is 16.8. The molecular formula is C24H24Cl2N2O3S. The van der Waals surface area contributed by atoms with Crippen molar-refractivity contribution in [2.24, 2.45) is 0 Å². The highest BCUT2D eigenvalue weighted by Crippen LogP contribution is 2.32. The number of methoxy groups -OCH3 is 1. The highest BCUT2D eigenvalue weighted by molar-refractivity contribution is 7.14. The Balaban J connectivity index is 1.61. The van der Waals surface area contributed by atoms with E-state index in [-0.39, 0.29) is 5.91 Å². The van der Waals surface area contributed by atoms with Gasteiger partial charge in [-0.15, -0.1) is 11.3 Å². The predicted molar refractivity (Wildman–Crippen MR) is 133 cm³/mol. The highest BCUT2D eigenvalue weighted by atomic mass is 35.5. The van der Waals surface area contributed by atoms with Gasteiger partial charge in [-0.2, -0.15) is 0 Å². The van der Waals surface area contributed by atoms with Gasteiger partial charge in [-0.05, 0) is 48.4 Å². The number of amides is 1. The molecule has 5 nitrogen and oxygen atoms in total. The van der Waals surface area contributed by atoms with E-state index < -0.39 is 0 Å². The third-order valence-corrected chi connectivity index (χ3v) is 5.87. The lowest BCUT2D eigenvalue weighted by Crippen LogP contribution is -2.07. The second-order valence-corrected chi connectivity index (χ2v) is 8.65. The molecule has 0 atom stereocenters. The van der Waals surface area contributed by atoms with Crippen molar-refractivity contribution in [2.75, 3.05) is 19.0 Å². The third kappa shape index (κ3) is 6.73. The lowest BCUT2D eigenvalue weighted by molar-refractivity contribution is -0.111. The van der Waals surface area contributed by atoms with E-state index in [4.69, 9.17) is 32.7 Å². The standard InChI is InChI=1S/C24H24Cl2N2O3S/c1-3-4-5-12-31-21-10-6-16(13-22(21)30-2)7-11-23(29)28-24-27-20(15-32-24)18-9-8-17(25)14-19(18)26/h6-11,13-15H,3-5,12H2,1-2H3,(H,27,28,29). The fourth-order valence-electron chi connectivity index (χ4n) is 2.91. The van der Waals surface area contributed by atoms with E-state index in [9.17, 15) is 4.79 Å². The molecule has 168 valence electrons. The first-order valence-corrected chi connectivity index (χ1v) is 11.8. The molecule has 1 amide bonds. The van der Waals surface area contributed by atoms with Gasteiger partial charge in [-0.3, -0.25) is 10.1 Å². The van der Waals surface area contributed by atoms with Gasteiger partial charge < -0.3 is 9.47 Å². The number of carbonyl (C=O) groups is 1. The molecule has 0 aliphatic rings. The number of hydrogen-bond donors (Lipinski definition) is 1. The summed E-state index contributed by atoms with van der Waals surface area (Å²) < 4.78 is 11.2. The zero-order valence-corrected chi connectivity index (χ0v) is 20.2. The largest absolute Gasteiger partial charge is 0.493 e. The van der Waals surface area contributed by atoms with Crippen LogP contribution in [-0.2, 0) is 4.79 Å². The first-order valence-electron chi connectivity index (χ1n) is 10.2. The molecule has 1 N–H and O–H groups in total. The van der Waals surface area contributed by atoms with Gasteiger partial charge in [0, 0.05) is 22.0 Å². The first kappa shape index (κ1) is 24.1. The molecular weight excluding hydrogens is 467 g/mol.